The van der Waals surface area contributed by atoms with Crippen molar-refractivity contribution in [3.05, 3.63) is 28.0 Å². The Morgan fingerprint density at radius 2 is 2.38 bits per heavy atom. The maximum Gasteiger partial charge on any atom is 0.252 e. The second-order valence-corrected chi connectivity index (χ2v) is 3.16. The predicted octanol–water partition coefficient (Wildman–Crippen LogP) is -0.225. The van der Waals surface area contributed by atoms with Crippen LogP contribution in [0.3, 0.4) is 0 Å². The first-order valence-corrected chi connectivity index (χ1v) is 4.49. The third-order valence-electron chi connectivity index (χ3n) is 2.31. The van der Waals surface area contributed by atoms with E-state index in [1.807, 2.05) is 6.07 Å². The van der Waals surface area contributed by atoms with Crippen LogP contribution in [0.1, 0.15) is 5.56 Å². The molecule has 0 aliphatic carbocycles. The molecule has 0 saturated carbocycles. The fourth-order valence-electron chi connectivity index (χ4n) is 1.70. The van der Waals surface area contributed by atoms with E-state index in [2.05, 4.69) is 5.32 Å². The number of nitrogens with zero attached hydrogens (tertiary/aromatic N) is 1. The van der Waals surface area contributed by atoms with E-state index >= 15 is 0 Å². The Labute approximate surface area is 76.4 Å². The molecule has 70 valence electrons. The molecule has 0 unspecified atom stereocenters. The molecule has 3 N–H and O–H groups in total. The van der Waals surface area contributed by atoms with Crippen molar-refractivity contribution in [3.8, 4) is 0 Å². The van der Waals surface area contributed by atoms with Crippen molar-refractivity contribution in [3.63, 3.8) is 0 Å². The Morgan fingerprint density at radius 1 is 1.54 bits per heavy atom. The zero-order valence-corrected chi connectivity index (χ0v) is 7.42. The van der Waals surface area contributed by atoms with E-state index in [1.165, 1.54) is 0 Å². The molecule has 4 heteroatoms. The second kappa shape index (κ2) is 3.22. The number of rotatable bonds is 2. The summed E-state index contributed by atoms with van der Waals surface area (Å²) in [5.74, 6) is 0.956. The molecular formula is C9H13N3O. The highest BCUT2D eigenvalue weighted by molar-refractivity contribution is 5.47. The van der Waals surface area contributed by atoms with Crippen LogP contribution in [-0.2, 0) is 13.0 Å². The fourth-order valence-corrected chi connectivity index (χ4v) is 1.70. The number of anilines is 1. The lowest BCUT2D eigenvalue weighted by Crippen LogP contribution is -2.18. The van der Waals surface area contributed by atoms with Crippen LogP contribution in [0.2, 0.25) is 0 Å². The first-order valence-electron chi connectivity index (χ1n) is 4.49. The molecule has 0 aromatic carbocycles. The van der Waals surface area contributed by atoms with Crippen LogP contribution in [0, 0.1) is 0 Å². The molecule has 2 rings (SSSR count). The Kier molecular flexibility index (Phi) is 2.06. The molecule has 0 spiro atoms. The third kappa shape index (κ3) is 1.33. The highest BCUT2D eigenvalue weighted by atomic mass is 16.1. The molecule has 2 heterocycles. The molecule has 1 aromatic heterocycles. The van der Waals surface area contributed by atoms with Crippen LogP contribution in [0.15, 0.2) is 16.9 Å². The first kappa shape index (κ1) is 8.31. The van der Waals surface area contributed by atoms with Crippen molar-refractivity contribution < 1.29 is 0 Å². The second-order valence-electron chi connectivity index (χ2n) is 3.16. The van der Waals surface area contributed by atoms with Gasteiger partial charge in [-0.1, -0.05) is 0 Å². The Hall–Kier alpha value is -1.29. The van der Waals surface area contributed by atoms with Gasteiger partial charge in [0.1, 0.15) is 5.82 Å². The van der Waals surface area contributed by atoms with Gasteiger partial charge < -0.3 is 11.1 Å². The van der Waals surface area contributed by atoms with E-state index in [0.717, 1.165) is 30.9 Å². The number of nitrogens with two attached hydrogens (primary N) is 1. The van der Waals surface area contributed by atoms with Gasteiger partial charge in [0.05, 0.1) is 0 Å². The molecule has 0 saturated heterocycles. The Bertz CT molecular complexity index is 370. The smallest absolute Gasteiger partial charge is 0.252 e. The SMILES string of the molecule is NCCc1ccc(=O)n2c1NCC2. The average molecular weight is 179 g/mol. The van der Waals surface area contributed by atoms with E-state index in [4.69, 9.17) is 5.73 Å². The van der Waals surface area contributed by atoms with Crippen LogP contribution in [0.25, 0.3) is 0 Å². The lowest BCUT2D eigenvalue weighted by molar-refractivity contribution is 0.766. The molecule has 0 fully saturated rings. The zero-order chi connectivity index (χ0) is 9.26. The number of pyridine rings is 1. The minimum absolute atomic E-state index is 0.0702. The average Bonchev–Trinajstić information content (AvgIpc) is 2.59. The van der Waals surface area contributed by atoms with Crippen LogP contribution < -0.4 is 16.6 Å². The fraction of sp³-hybridized carbons (Fsp3) is 0.444. The summed E-state index contributed by atoms with van der Waals surface area (Å²) in [6.07, 6.45) is 0.822. The lowest BCUT2D eigenvalue weighted by atomic mass is 10.2. The molecule has 0 bridgehead atoms. The van der Waals surface area contributed by atoms with Crippen molar-refractivity contribution in [1.82, 2.24) is 4.57 Å². The van der Waals surface area contributed by atoms with Crippen LogP contribution in [-0.4, -0.2) is 17.7 Å². The van der Waals surface area contributed by atoms with E-state index in [0.29, 0.717) is 6.54 Å². The summed E-state index contributed by atoms with van der Waals surface area (Å²) in [5.41, 5.74) is 6.69. The van der Waals surface area contributed by atoms with Gasteiger partial charge in [0, 0.05) is 19.2 Å². The molecule has 0 radical (unpaired) electrons. The highest BCUT2D eigenvalue weighted by Gasteiger charge is 2.13. The molecule has 0 atom stereocenters. The molecule has 4 nitrogen and oxygen atoms in total. The van der Waals surface area contributed by atoms with Crippen LogP contribution in [0.4, 0.5) is 5.82 Å². The summed E-state index contributed by atoms with van der Waals surface area (Å²) >= 11 is 0. The van der Waals surface area contributed by atoms with E-state index in [1.54, 1.807) is 10.6 Å². The van der Waals surface area contributed by atoms with Crippen LogP contribution >= 0.6 is 0 Å². The number of fused-ring (bicyclic) bond motifs is 1. The van der Waals surface area contributed by atoms with Crippen molar-refractivity contribution in [2.24, 2.45) is 5.73 Å². The van der Waals surface area contributed by atoms with Gasteiger partial charge in [0.2, 0.25) is 0 Å². The molecule has 0 amide bonds. The summed E-state index contributed by atoms with van der Waals surface area (Å²) in [5, 5.41) is 3.20. The Balaban J connectivity index is 2.49. The lowest BCUT2D eigenvalue weighted by Gasteiger charge is -2.07. The molecule has 1 aromatic rings. The first-order chi connectivity index (χ1) is 6.33. The topological polar surface area (TPSA) is 60.1 Å². The van der Waals surface area contributed by atoms with Gasteiger partial charge in [0.15, 0.2) is 0 Å². The standard InChI is InChI=1S/C9H13N3O/c10-4-3-7-1-2-8(13)12-6-5-11-9(7)12/h1-2,11H,3-6,10H2. The molecule has 1 aliphatic rings. The number of aromatic nitrogens is 1. The van der Waals surface area contributed by atoms with Gasteiger partial charge in [-0.3, -0.25) is 9.36 Å². The van der Waals surface area contributed by atoms with Gasteiger partial charge in [0.25, 0.3) is 5.56 Å². The molecule has 13 heavy (non-hydrogen) atoms. The maximum atomic E-state index is 11.4. The largest absolute Gasteiger partial charge is 0.369 e. The summed E-state index contributed by atoms with van der Waals surface area (Å²) in [7, 11) is 0. The van der Waals surface area contributed by atoms with Crippen molar-refractivity contribution in [2.45, 2.75) is 13.0 Å². The Morgan fingerprint density at radius 3 is 3.15 bits per heavy atom. The normalized spacial score (nSPS) is 13.9. The maximum absolute atomic E-state index is 11.4. The number of hydrogen-bond acceptors (Lipinski definition) is 3. The summed E-state index contributed by atoms with van der Waals surface area (Å²) < 4.78 is 1.77. The predicted molar refractivity (Wildman–Crippen MR) is 52.0 cm³/mol. The van der Waals surface area contributed by atoms with Gasteiger partial charge in [-0.25, -0.2) is 0 Å². The number of nitrogens with one attached hydrogen (secondary N) is 1. The number of hydrogen-bond donors (Lipinski definition) is 2. The molecule has 1 aliphatic heterocycles. The van der Waals surface area contributed by atoms with Crippen molar-refractivity contribution in [1.29, 1.82) is 0 Å². The third-order valence-corrected chi connectivity index (χ3v) is 2.31. The quantitative estimate of drug-likeness (QED) is 0.659. The van der Waals surface area contributed by atoms with E-state index < -0.39 is 0 Å². The minimum Gasteiger partial charge on any atom is -0.369 e. The monoisotopic (exact) mass is 179 g/mol. The van der Waals surface area contributed by atoms with E-state index in [9.17, 15) is 4.79 Å². The van der Waals surface area contributed by atoms with E-state index in [-0.39, 0.29) is 5.56 Å². The summed E-state index contributed by atoms with van der Waals surface area (Å²) in [6, 6.07) is 3.47. The zero-order valence-electron chi connectivity index (χ0n) is 7.42. The minimum atomic E-state index is 0.0702. The summed E-state index contributed by atoms with van der Waals surface area (Å²) in [6.45, 7) is 2.23. The molecular weight excluding hydrogens is 166 g/mol. The van der Waals surface area contributed by atoms with Gasteiger partial charge >= 0.3 is 0 Å². The van der Waals surface area contributed by atoms with Crippen molar-refractivity contribution >= 4 is 5.82 Å². The summed E-state index contributed by atoms with van der Waals surface area (Å²) in [4.78, 5) is 11.4. The van der Waals surface area contributed by atoms with Gasteiger partial charge in [-0.2, -0.15) is 0 Å². The van der Waals surface area contributed by atoms with Crippen molar-refractivity contribution in [2.75, 3.05) is 18.4 Å². The van der Waals surface area contributed by atoms with Gasteiger partial charge in [-0.05, 0) is 24.6 Å². The van der Waals surface area contributed by atoms with Crippen LogP contribution in [0.5, 0.6) is 0 Å². The highest BCUT2D eigenvalue weighted by Crippen LogP contribution is 2.17. The van der Waals surface area contributed by atoms with Gasteiger partial charge in [-0.15, -0.1) is 0 Å².